The molecule has 162 valence electrons. The lowest BCUT2D eigenvalue weighted by molar-refractivity contribution is -0.290. The predicted molar refractivity (Wildman–Crippen MR) is 99.4 cm³/mol. The summed E-state index contributed by atoms with van der Waals surface area (Å²) < 4.78 is 75.2. The monoisotopic (exact) mass is 503 g/mol. The average molecular weight is 504 g/mol. The Balaban J connectivity index is 2.18. The quantitative estimate of drug-likeness (QED) is 0.287. The van der Waals surface area contributed by atoms with Crippen molar-refractivity contribution in [3.63, 3.8) is 0 Å². The van der Waals surface area contributed by atoms with E-state index in [1.165, 1.54) is 12.4 Å². The highest BCUT2D eigenvalue weighted by Gasteiger charge is 2.58. The maximum Gasteiger partial charge on any atom is 0.456 e. The van der Waals surface area contributed by atoms with E-state index in [0.717, 1.165) is 10.7 Å². The van der Waals surface area contributed by atoms with Crippen LogP contribution in [0.2, 0.25) is 25.7 Å². The summed E-state index contributed by atoms with van der Waals surface area (Å²) in [6.45, 7) is 4.62. The molecule has 0 fully saturated rings. The van der Waals surface area contributed by atoms with Crippen molar-refractivity contribution in [2.24, 2.45) is 0 Å². The van der Waals surface area contributed by atoms with Gasteiger partial charge in [-0.2, -0.15) is 31.6 Å². The van der Waals surface area contributed by atoms with Gasteiger partial charge in [-0.15, -0.1) is 5.10 Å². The van der Waals surface area contributed by atoms with Gasteiger partial charge in [-0.05, 0) is 22.0 Å². The first-order chi connectivity index (χ1) is 13.3. The molecule has 0 atom stereocenters. The minimum Gasteiger partial charge on any atom is -0.457 e. The molecule has 2 heterocycles. The molecule has 0 bridgehead atoms. The maximum atomic E-state index is 13.2. The Kier molecular flexibility index (Phi) is 7.32. The zero-order valence-electron chi connectivity index (χ0n) is 15.8. The summed E-state index contributed by atoms with van der Waals surface area (Å²) in [5, 5.41) is 4.01. The van der Waals surface area contributed by atoms with Crippen molar-refractivity contribution >= 4 is 24.0 Å². The highest BCUT2D eigenvalue weighted by Crippen LogP contribution is 2.35. The third kappa shape index (κ3) is 6.96. The van der Waals surface area contributed by atoms with Crippen LogP contribution in [0, 0.1) is 0 Å². The molecule has 0 aliphatic carbocycles. The van der Waals surface area contributed by atoms with Crippen LogP contribution >= 0.6 is 15.9 Å². The van der Waals surface area contributed by atoms with Crippen LogP contribution in [0.3, 0.4) is 0 Å². The lowest BCUT2D eigenvalue weighted by Crippen LogP contribution is -2.42. The fourth-order valence-corrected chi connectivity index (χ4v) is 2.77. The molecule has 29 heavy (non-hydrogen) atoms. The van der Waals surface area contributed by atoms with Gasteiger partial charge in [-0.25, -0.2) is 9.97 Å². The molecular formula is C15H19BrF5N5O2Si. The number of ether oxygens (including phenoxy) is 2. The fraction of sp³-hybridized carbons (Fsp3) is 0.600. The summed E-state index contributed by atoms with van der Waals surface area (Å²) in [6.07, 6.45) is -2.93. The highest BCUT2D eigenvalue weighted by molar-refractivity contribution is 9.10. The molecule has 0 aliphatic heterocycles. The van der Waals surface area contributed by atoms with Gasteiger partial charge in [0.1, 0.15) is 6.73 Å². The molecule has 0 aromatic carbocycles. The predicted octanol–water partition coefficient (Wildman–Crippen LogP) is 4.39. The Morgan fingerprint density at radius 3 is 2.24 bits per heavy atom. The van der Waals surface area contributed by atoms with Gasteiger partial charge in [0.25, 0.3) is 0 Å². The maximum absolute atomic E-state index is 13.2. The normalized spacial score (nSPS) is 13.0. The molecule has 0 saturated carbocycles. The molecule has 7 nitrogen and oxygen atoms in total. The minimum atomic E-state index is -5.75. The van der Waals surface area contributed by atoms with Gasteiger partial charge in [0.05, 0.1) is 4.47 Å². The summed E-state index contributed by atoms with van der Waals surface area (Å²) in [4.78, 5) is 11.8. The van der Waals surface area contributed by atoms with Gasteiger partial charge in [0, 0.05) is 27.1 Å². The molecular weight excluding hydrogens is 485 g/mol. The number of aromatic nitrogens is 5. The lowest BCUT2D eigenvalue weighted by atomic mass is 10.3. The SMILES string of the molecule is C[Si](C)(C)CCOCn1nc(-c2ncc(Br)cn2)nc1OCC(F)(F)C(F)(F)F. The van der Waals surface area contributed by atoms with Gasteiger partial charge >= 0.3 is 18.1 Å². The Morgan fingerprint density at radius 2 is 1.69 bits per heavy atom. The molecule has 0 N–H and O–H groups in total. The summed E-state index contributed by atoms with van der Waals surface area (Å²) in [6, 6.07) is 0.274. The Morgan fingerprint density at radius 1 is 1.07 bits per heavy atom. The van der Waals surface area contributed by atoms with E-state index in [-0.39, 0.29) is 18.4 Å². The summed E-state index contributed by atoms with van der Waals surface area (Å²) in [7, 11) is -1.37. The first-order valence-corrected chi connectivity index (χ1v) is 12.9. The molecule has 14 heteroatoms. The molecule has 0 unspecified atom stereocenters. The van der Waals surface area contributed by atoms with Gasteiger partial charge in [-0.1, -0.05) is 19.6 Å². The van der Waals surface area contributed by atoms with Crippen LogP contribution < -0.4 is 4.74 Å². The zero-order chi connectivity index (χ0) is 21.9. The van der Waals surface area contributed by atoms with E-state index >= 15 is 0 Å². The van der Waals surface area contributed by atoms with Crippen LogP contribution in [-0.4, -0.2) is 58.1 Å². The second-order valence-corrected chi connectivity index (χ2v) is 13.8. The van der Waals surface area contributed by atoms with E-state index in [4.69, 9.17) is 4.74 Å². The standard InChI is InChI=1S/C15H19BrF5N5O2Si/c1-29(2,3)5-4-27-9-26-13(28-8-14(17,18)15(19,20)21)24-12(25-26)11-22-6-10(16)7-23-11/h6-7H,4-5,8-9H2,1-3H3. The molecule has 2 rings (SSSR count). The van der Waals surface area contributed by atoms with Crippen molar-refractivity contribution in [2.45, 2.75) is 44.5 Å². The van der Waals surface area contributed by atoms with E-state index in [1.807, 2.05) is 0 Å². The summed E-state index contributed by atoms with van der Waals surface area (Å²) >= 11 is 3.16. The number of halogens is 6. The smallest absolute Gasteiger partial charge is 0.456 e. The first kappa shape index (κ1) is 23.6. The molecule has 0 aliphatic rings. The van der Waals surface area contributed by atoms with Crippen molar-refractivity contribution < 1.29 is 31.4 Å². The van der Waals surface area contributed by atoms with E-state index in [2.05, 4.69) is 60.4 Å². The zero-order valence-corrected chi connectivity index (χ0v) is 18.4. The number of rotatable bonds is 9. The molecule has 0 amide bonds. The molecule has 0 radical (unpaired) electrons. The van der Waals surface area contributed by atoms with Gasteiger partial charge in [0.15, 0.2) is 12.4 Å². The lowest BCUT2D eigenvalue weighted by Gasteiger charge is -2.19. The molecule has 0 saturated heterocycles. The van der Waals surface area contributed by atoms with Crippen LogP contribution in [0.5, 0.6) is 6.01 Å². The third-order valence-corrected chi connectivity index (χ3v) is 5.58. The van der Waals surface area contributed by atoms with Crippen molar-refractivity contribution in [3.05, 3.63) is 16.9 Å². The first-order valence-electron chi connectivity index (χ1n) is 8.36. The summed E-state index contributed by atoms with van der Waals surface area (Å²) in [5.41, 5.74) is 0. The van der Waals surface area contributed by atoms with Gasteiger partial charge in [-0.3, -0.25) is 0 Å². The topological polar surface area (TPSA) is 75.0 Å². The van der Waals surface area contributed by atoms with E-state index < -0.39 is 32.8 Å². The van der Waals surface area contributed by atoms with Gasteiger partial charge in [0.2, 0.25) is 5.82 Å². The minimum absolute atomic E-state index is 0.0430. The Hall–Kier alpha value is -1.67. The van der Waals surface area contributed by atoms with Crippen molar-refractivity contribution in [3.8, 4) is 17.7 Å². The van der Waals surface area contributed by atoms with Crippen LogP contribution in [0.15, 0.2) is 16.9 Å². The van der Waals surface area contributed by atoms with Crippen LogP contribution in [-0.2, 0) is 11.5 Å². The average Bonchev–Trinajstić information content (AvgIpc) is 2.99. The molecule has 2 aromatic rings. The van der Waals surface area contributed by atoms with Crippen LogP contribution in [0.25, 0.3) is 11.6 Å². The van der Waals surface area contributed by atoms with Crippen molar-refractivity contribution in [2.75, 3.05) is 13.2 Å². The molecule has 2 aromatic heterocycles. The van der Waals surface area contributed by atoms with Crippen LogP contribution in [0.1, 0.15) is 0 Å². The number of alkyl halides is 5. The Labute approximate surface area is 172 Å². The molecule has 0 spiro atoms. The van der Waals surface area contributed by atoms with Gasteiger partial charge < -0.3 is 9.47 Å². The highest BCUT2D eigenvalue weighted by atomic mass is 79.9. The van der Waals surface area contributed by atoms with E-state index in [9.17, 15) is 22.0 Å². The van der Waals surface area contributed by atoms with Crippen molar-refractivity contribution in [1.82, 2.24) is 24.7 Å². The largest absolute Gasteiger partial charge is 0.457 e. The van der Waals surface area contributed by atoms with Crippen molar-refractivity contribution in [1.29, 1.82) is 0 Å². The Bertz CT molecular complexity index is 811. The van der Waals surface area contributed by atoms with E-state index in [0.29, 0.717) is 11.1 Å². The number of hydrogen-bond acceptors (Lipinski definition) is 6. The fourth-order valence-electron chi connectivity index (χ4n) is 1.81. The van der Waals surface area contributed by atoms with E-state index in [1.54, 1.807) is 0 Å². The van der Waals surface area contributed by atoms with Crippen LogP contribution in [0.4, 0.5) is 22.0 Å². The second-order valence-electron chi connectivity index (χ2n) is 7.28. The second kappa shape index (κ2) is 9.00. The summed E-state index contributed by atoms with van der Waals surface area (Å²) in [5.74, 6) is -5.10. The third-order valence-electron chi connectivity index (χ3n) is 3.47. The number of hydrogen-bond donors (Lipinski definition) is 0. The number of nitrogens with zero attached hydrogens (tertiary/aromatic N) is 5.